The van der Waals surface area contributed by atoms with Crippen molar-refractivity contribution in [2.75, 3.05) is 37.6 Å². The Hall–Kier alpha value is -1.57. The number of benzene rings is 1. The van der Waals surface area contributed by atoms with Gasteiger partial charge in [0, 0.05) is 32.2 Å². The molecule has 0 bridgehead atoms. The fourth-order valence-electron chi connectivity index (χ4n) is 3.90. The minimum absolute atomic E-state index is 0.454. The quantitative estimate of drug-likeness (QED) is 0.928. The van der Waals surface area contributed by atoms with Crippen LogP contribution >= 0.6 is 0 Å². The van der Waals surface area contributed by atoms with E-state index in [1.54, 1.807) is 0 Å². The van der Waals surface area contributed by atoms with Gasteiger partial charge in [-0.15, -0.1) is 0 Å². The number of nitrogens with zero attached hydrogens (tertiary/aromatic N) is 3. The molecule has 1 saturated carbocycles. The van der Waals surface area contributed by atoms with Crippen LogP contribution < -0.4 is 10.6 Å². The summed E-state index contributed by atoms with van der Waals surface area (Å²) in [6, 6.07) is 10.7. The monoisotopic (exact) mass is 312 g/mol. The number of nitrogens with two attached hydrogens (primary N) is 1. The van der Waals surface area contributed by atoms with Crippen molar-refractivity contribution in [2.45, 2.75) is 38.1 Å². The third-order valence-electron chi connectivity index (χ3n) is 5.48. The summed E-state index contributed by atoms with van der Waals surface area (Å²) in [6.07, 6.45) is 6.38. The molecule has 1 heterocycles. The molecule has 124 valence electrons. The normalized spacial score (nSPS) is 26.0. The molecule has 2 aliphatic rings. The van der Waals surface area contributed by atoms with Crippen molar-refractivity contribution in [3.63, 3.8) is 0 Å². The molecule has 1 aliphatic heterocycles. The first-order valence-corrected chi connectivity index (χ1v) is 8.98. The molecule has 1 aromatic rings. The lowest BCUT2D eigenvalue weighted by Crippen LogP contribution is -2.47. The molecule has 1 saturated heterocycles. The highest BCUT2D eigenvalue weighted by Crippen LogP contribution is 2.26. The van der Waals surface area contributed by atoms with Crippen molar-refractivity contribution < 1.29 is 0 Å². The summed E-state index contributed by atoms with van der Waals surface area (Å²) >= 11 is 0. The van der Waals surface area contributed by atoms with Crippen LogP contribution in [0.2, 0.25) is 0 Å². The Morgan fingerprint density at radius 1 is 1.04 bits per heavy atom. The highest BCUT2D eigenvalue weighted by molar-refractivity contribution is 5.59. The molecule has 2 N–H and O–H groups in total. The second-order valence-corrected chi connectivity index (χ2v) is 7.03. The van der Waals surface area contributed by atoms with Crippen molar-refractivity contribution in [1.82, 2.24) is 4.90 Å². The van der Waals surface area contributed by atoms with Crippen LogP contribution in [0.15, 0.2) is 24.3 Å². The lowest BCUT2D eigenvalue weighted by Gasteiger charge is -2.37. The van der Waals surface area contributed by atoms with Crippen molar-refractivity contribution in [3.8, 4) is 6.07 Å². The molecule has 0 unspecified atom stereocenters. The van der Waals surface area contributed by atoms with Gasteiger partial charge in [-0.2, -0.15) is 5.26 Å². The van der Waals surface area contributed by atoms with Gasteiger partial charge >= 0.3 is 0 Å². The van der Waals surface area contributed by atoms with Gasteiger partial charge in [-0.1, -0.05) is 12.1 Å². The van der Waals surface area contributed by atoms with E-state index in [-0.39, 0.29) is 0 Å². The molecule has 4 nitrogen and oxygen atoms in total. The van der Waals surface area contributed by atoms with Gasteiger partial charge in [0.05, 0.1) is 11.3 Å². The van der Waals surface area contributed by atoms with Crippen LogP contribution in [0.4, 0.5) is 5.69 Å². The number of anilines is 1. The van der Waals surface area contributed by atoms with E-state index in [1.807, 2.05) is 18.2 Å². The van der Waals surface area contributed by atoms with Gasteiger partial charge in [0.2, 0.25) is 0 Å². The van der Waals surface area contributed by atoms with Gasteiger partial charge < -0.3 is 10.6 Å². The van der Waals surface area contributed by atoms with E-state index in [2.05, 4.69) is 21.9 Å². The summed E-state index contributed by atoms with van der Waals surface area (Å²) in [4.78, 5) is 4.94. The maximum atomic E-state index is 9.25. The Labute approximate surface area is 139 Å². The largest absolute Gasteiger partial charge is 0.368 e. The molecule has 1 aromatic carbocycles. The van der Waals surface area contributed by atoms with Crippen LogP contribution in [-0.2, 0) is 0 Å². The second kappa shape index (κ2) is 7.81. The lowest BCUT2D eigenvalue weighted by atomic mass is 9.84. The van der Waals surface area contributed by atoms with Gasteiger partial charge in [0.25, 0.3) is 0 Å². The van der Waals surface area contributed by atoms with E-state index >= 15 is 0 Å². The predicted molar refractivity (Wildman–Crippen MR) is 94.4 cm³/mol. The Kier molecular flexibility index (Phi) is 5.53. The lowest BCUT2D eigenvalue weighted by molar-refractivity contribution is 0.217. The van der Waals surface area contributed by atoms with Crippen LogP contribution in [-0.4, -0.2) is 43.7 Å². The molecule has 0 amide bonds. The van der Waals surface area contributed by atoms with E-state index < -0.39 is 0 Å². The highest BCUT2D eigenvalue weighted by atomic mass is 15.3. The van der Waals surface area contributed by atoms with Crippen LogP contribution in [0.5, 0.6) is 0 Å². The Balaban J connectivity index is 1.44. The third kappa shape index (κ3) is 4.25. The molecule has 3 rings (SSSR count). The third-order valence-corrected chi connectivity index (χ3v) is 5.48. The predicted octanol–water partition coefficient (Wildman–Crippen LogP) is 2.59. The fraction of sp³-hybridized carbons (Fsp3) is 0.632. The molecule has 0 spiro atoms. The zero-order valence-electron chi connectivity index (χ0n) is 14.0. The van der Waals surface area contributed by atoms with Gasteiger partial charge in [-0.3, -0.25) is 4.90 Å². The first-order chi connectivity index (χ1) is 11.3. The summed E-state index contributed by atoms with van der Waals surface area (Å²) < 4.78 is 0. The number of hydrogen-bond acceptors (Lipinski definition) is 4. The van der Waals surface area contributed by atoms with Gasteiger partial charge in [0.15, 0.2) is 0 Å². The maximum Gasteiger partial charge on any atom is 0.101 e. The number of nitriles is 1. The van der Waals surface area contributed by atoms with Crippen LogP contribution in [0.3, 0.4) is 0 Å². The standard InChI is InChI=1S/C19H28N4/c20-15-17-3-1-2-4-19(17)23-13-11-22(12-14-23)10-9-16-5-7-18(21)8-6-16/h1-4,16,18H,5-14,21H2. The van der Waals surface area contributed by atoms with E-state index in [4.69, 9.17) is 5.73 Å². The summed E-state index contributed by atoms with van der Waals surface area (Å²) in [5.74, 6) is 0.882. The molecule has 0 radical (unpaired) electrons. The number of piperazine rings is 1. The first-order valence-electron chi connectivity index (χ1n) is 8.98. The maximum absolute atomic E-state index is 9.25. The molecule has 4 heteroatoms. The van der Waals surface area contributed by atoms with Crippen LogP contribution in [0.25, 0.3) is 0 Å². The molecule has 23 heavy (non-hydrogen) atoms. The molecular formula is C19H28N4. The first kappa shape index (κ1) is 16.3. The van der Waals surface area contributed by atoms with Gasteiger partial charge in [-0.25, -0.2) is 0 Å². The molecule has 1 aliphatic carbocycles. The Morgan fingerprint density at radius 2 is 1.74 bits per heavy atom. The number of para-hydroxylation sites is 1. The number of rotatable bonds is 4. The van der Waals surface area contributed by atoms with Crippen molar-refractivity contribution in [3.05, 3.63) is 29.8 Å². The highest BCUT2D eigenvalue weighted by Gasteiger charge is 2.22. The van der Waals surface area contributed by atoms with Crippen molar-refractivity contribution in [1.29, 1.82) is 5.26 Å². The van der Waals surface area contributed by atoms with Gasteiger partial charge in [0.1, 0.15) is 6.07 Å². The molecule has 2 fully saturated rings. The zero-order chi connectivity index (χ0) is 16.1. The molecule has 0 atom stereocenters. The second-order valence-electron chi connectivity index (χ2n) is 7.03. The molecule has 0 aromatic heterocycles. The number of hydrogen-bond donors (Lipinski definition) is 1. The average molecular weight is 312 g/mol. The van der Waals surface area contributed by atoms with E-state index in [0.717, 1.165) is 43.3 Å². The van der Waals surface area contributed by atoms with E-state index in [0.29, 0.717) is 6.04 Å². The summed E-state index contributed by atoms with van der Waals surface area (Å²) in [5, 5.41) is 9.25. The Bertz CT molecular complexity index is 535. The van der Waals surface area contributed by atoms with Crippen LogP contribution in [0.1, 0.15) is 37.7 Å². The van der Waals surface area contributed by atoms with Crippen LogP contribution in [0, 0.1) is 17.2 Å². The molecular weight excluding hydrogens is 284 g/mol. The smallest absolute Gasteiger partial charge is 0.101 e. The Morgan fingerprint density at radius 3 is 2.43 bits per heavy atom. The zero-order valence-corrected chi connectivity index (χ0v) is 14.0. The summed E-state index contributed by atoms with van der Waals surface area (Å²) in [6.45, 7) is 5.47. The topological polar surface area (TPSA) is 56.3 Å². The minimum Gasteiger partial charge on any atom is -0.368 e. The summed E-state index contributed by atoms with van der Waals surface area (Å²) in [5.41, 5.74) is 7.88. The van der Waals surface area contributed by atoms with Gasteiger partial charge in [-0.05, 0) is 56.7 Å². The SMILES string of the molecule is N#Cc1ccccc1N1CCN(CCC2CCC(N)CC2)CC1. The fourth-order valence-corrected chi connectivity index (χ4v) is 3.90. The minimum atomic E-state index is 0.454. The van der Waals surface area contributed by atoms with Crippen molar-refractivity contribution >= 4 is 5.69 Å². The average Bonchev–Trinajstić information content (AvgIpc) is 2.62. The summed E-state index contributed by atoms with van der Waals surface area (Å²) in [7, 11) is 0. The van der Waals surface area contributed by atoms with E-state index in [1.165, 1.54) is 38.6 Å². The van der Waals surface area contributed by atoms with E-state index in [9.17, 15) is 5.26 Å². The van der Waals surface area contributed by atoms with Crippen molar-refractivity contribution in [2.24, 2.45) is 11.7 Å².